The van der Waals surface area contributed by atoms with Gasteiger partial charge in [-0.2, -0.15) is 0 Å². The predicted molar refractivity (Wildman–Crippen MR) is 108 cm³/mol. The van der Waals surface area contributed by atoms with E-state index in [1.807, 2.05) is 4.90 Å². The summed E-state index contributed by atoms with van der Waals surface area (Å²) in [5, 5.41) is 3.28. The molecule has 2 fully saturated rings. The number of nitrogens with one attached hydrogen (secondary N) is 1. The van der Waals surface area contributed by atoms with Gasteiger partial charge in [-0.3, -0.25) is 0 Å². The Morgan fingerprint density at radius 2 is 1.59 bits per heavy atom. The zero-order valence-electron chi connectivity index (χ0n) is 15.3. The van der Waals surface area contributed by atoms with Crippen LogP contribution < -0.4 is 5.32 Å². The Kier molecular flexibility index (Phi) is 5.11. The monoisotopic (exact) mass is 384 g/mol. The smallest absolute Gasteiger partial charge is 0.410 e. The molecule has 1 saturated carbocycles. The van der Waals surface area contributed by atoms with E-state index in [0.717, 1.165) is 32.5 Å². The number of ether oxygens (including phenoxy) is 1. The lowest BCUT2D eigenvalue weighted by atomic mass is 9.98. The van der Waals surface area contributed by atoms with Crippen molar-refractivity contribution in [1.29, 1.82) is 0 Å². The first-order chi connectivity index (χ1) is 12.8. The molecule has 2 aromatic carbocycles. The van der Waals surface area contributed by atoms with Crippen LogP contribution in [0.3, 0.4) is 0 Å². The number of fused-ring (bicyclic) bond motifs is 3. The summed E-state index contributed by atoms with van der Waals surface area (Å²) in [7, 11) is 0. The Hall–Kier alpha value is -2.04. The molecule has 3 aliphatic rings. The zero-order chi connectivity index (χ0) is 17.5. The Morgan fingerprint density at radius 3 is 2.11 bits per heavy atom. The van der Waals surface area contributed by atoms with Gasteiger partial charge in [-0.1, -0.05) is 48.5 Å². The molecule has 5 rings (SSSR count). The number of benzene rings is 2. The second-order valence-corrected chi connectivity index (χ2v) is 7.71. The SMILES string of the molecule is Cl.O=C(OCC1c2ccccc2-c2ccccc21)N(CC1CNC1)C1CC1. The molecule has 0 unspecified atom stereocenters. The molecule has 1 heterocycles. The van der Waals surface area contributed by atoms with E-state index in [0.29, 0.717) is 18.6 Å². The first kappa shape index (κ1) is 18.3. The van der Waals surface area contributed by atoms with Crippen molar-refractivity contribution in [2.24, 2.45) is 5.92 Å². The fourth-order valence-corrected chi connectivity index (χ4v) is 4.19. The predicted octanol–water partition coefficient (Wildman–Crippen LogP) is 4.04. The van der Waals surface area contributed by atoms with Crippen LogP contribution in [0.25, 0.3) is 11.1 Å². The summed E-state index contributed by atoms with van der Waals surface area (Å²) in [5.41, 5.74) is 5.07. The number of halogens is 1. The van der Waals surface area contributed by atoms with Gasteiger partial charge in [-0.05, 0) is 35.1 Å². The molecule has 2 aliphatic carbocycles. The molecule has 0 radical (unpaired) electrons. The molecule has 1 aliphatic heterocycles. The molecule has 1 saturated heterocycles. The van der Waals surface area contributed by atoms with Crippen LogP contribution in [0.5, 0.6) is 0 Å². The molecule has 0 aromatic heterocycles. The fourth-order valence-electron chi connectivity index (χ4n) is 4.19. The van der Waals surface area contributed by atoms with Crippen molar-refractivity contribution in [3.63, 3.8) is 0 Å². The number of amides is 1. The highest BCUT2D eigenvalue weighted by atomic mass is 35.5. The Balaban J connectivity index is 0.00000180. The summed E-state index contributed by atoms with van der Waals surface area (Å²) >= 11 is 0. The molecule has 142 valence electrons. The maximum Gasteiger partial charge on any atom is 0.410 e. The quantitative estimate of drug-likeness (QED) is 0.845. The van der Waals surface area contributed by atoms with E-state index in [-0.39, 0.29) is 24.4 Å². The van der Waals surface area contributed by atoms with Crippen LogP contribution in [0.4, 0.5) is 4.79 Å². The fraction of sp³-hybridized carbons (Fsp3) is 0.409. The minimum atomic E-state index is -0.138. The molecule has 0 spiro atoms. The largest absolute Gasteiger partial charge is 0.448 e. The number of hydrogen-bond acceptors (Lipinski definition) is 3. The van der Waals surface area contributed by atoms with Crippen LogP contribution in [-0.2, 0) is 4.74 Å². The van der Waals surface area contributed by atoms with Crippen molar-refractivity contribution in [2.45, 2.75) is 24.8 Å². The van der Waals surface area contributed by atoms with E-state index in [4.69, 9.17) is 4.74 Å². The lowest BCUT2D eigenvalue weighted by Gasteiger charge is -2.33. The van der Waals surface area contributed by atoms with E-state index < -0.39 is 0 Å². The highest BCUT2D eigenvalue weighted by Gasteiger charge is 2.37. The summed E-state index contributed by atoms with van der Waals surface area (Å²) in [6.07, 6.45) is 2.09. The molecular formula is C22H25ClN2O2. The van der Waals surface area contributed by atoms with Crippen molar-refractivity contribution in [3.05, 3.63) is 59.7 Å². The van der Waals surface area contributed by atoms with Crippen molar-refractivity contribution < 1.29 is 9.53 Å². The normalized spacial score (nSPS) is 18.1. The number of carbonyl (C=O) groups excluding carboxylic acids is 1. The lowest BCUT2D eigenvalue weighted by molar-refractivity contribution is 0.0861. The molecule has 1 amide bonds. The molecule has 27 heavy (non-hydrogen) atoms. The van der Waals surface area contributed by atoms with Gasteiger partial charge >= 0.3 is 6.09 Å². The van der Waals surface area contributed by atoms with Crippen molar-refractivity contribution >= 4 is 18.5 Å². The molecule has 5 heteroatoms. The van der Waals surface area contributed by atoms with E-state index in [9.17, 15) is 4.79 Å². The topological polar surface area (TPSA) is 41.6 Å². The molecule has 1 N–H and O–H groups in total. The van der Waals surface area contributed by atoms with Crippen LogP contribution >= 0.6 is 12.4 Å². The molecule has 4 nitrogen and oxygen atoms in total. The van der Waals surface area contributed by atoms with Crippen molar-refractivity contribution in [2.75, 3.05) is 26.2 Å². The second-order valence-electron chi connectivity index (χ2n) is 7.71. The van der Waals surface area contributed by atoms with E-state index in [1.54, 1.807) is 0 Å². The minimum absolute atomic E-state index is 0. The minimum Gasteiger partial charge on any atom is -0.448 e. The molecular weight excluding hydrogens is 360 g/mol. The van der Waals surface area contributed by atoms with Gasteiger partial charge in [0.1, 0.15) is 6.61 Å². The third-order valence-electron chi connectivity index (χ3n) is 5.88. The summed E-state index contributed by atoms with van der Waals surface area (Å²) < 4.78 is 5.84. The average molecular weight is 385 g/mol. The van der Waals surface area contributed by atoms with Crippen LogP contribution in [-0.4, -0.2) is 43.3 Å². The van der Waals surface area contributed by atoms with E-state index in [1.165, 1.54) is 22.3 Å². The lowest BCUT2D eigenvalue weighted by Crippen LogP contribution is -2.50. The van der Waals surface area contributed by atoms with E-state index >= 15 is 0 Å². The van der Waals surface area contributed by atoms with E-state index in [2.05, 4.69) is 53.8 Å². The first-order valence-electron chi connectivity index (χ1n) is 9.63. The van der Waals surface area contributed by atoms with Gasteiger partial charge in [0.15, 0.2) is 0 Å². The molecule has 2 aromatic rings. The second kappa shape index (κ2) is 7.53. The summed E-state index contributed by atoms with van der Waals surface area (Å²) in [5.74, 6) is 0.717. The zero-order valence-corrected chi connectivity index (χ0v) is 16.1. The van der Waals surface area contributed by atoms with Crippen LogP contribution in [0.2, 0.25) is 0 Å². The van der Waals surface area contributed by atoms with Crippen LogP contribution in [0.1, 0.15) is 29.9 Å². The standard InChI is InChI=1S/C22H24N2O2.ClH/c25-22(24(16-9-10-16)13-15-11-23-12-15)26-14-21-19-7-3-1-5-17(19)18-6-2-4-8-20(18)21;/h1-8,15-16,21,23H,9-14H2;1H. The highest BCUT2D eigenvalue weighted by molar-refractivity contribution is 5.85. The van der Waals surface area contributed by atoms with Crippen molar-refractivity contribution in [3.8, 4) is 11.1 Å². The maximum atomic E-state index is 12.8. The van der Waals surface area contributed by atoms with Gasteiger partial charge in [0.25, 0.3) is 0 Å². The number of nitrogens with zero attached hydrogens (tertiary/aromatic N) is 1. The molecule has 0 bridgehead atoms. The maximum absolute atomic E-state index is 12.8. The van der Waals surface area contributed by atoms with Crippen LogP contribution in [0, 0.1) is 5.92 Å². The number of carbonyl (C=O) groups is 1. The third-order valence-corrected chi connectivity index (χ3v) is 5.88. The van der Waals surface area contributed by atoms with Crippen LogP contribution in [0.15, 0.2) is 48.5 Å². The summed E-state index contributed by atoms with van der Waals surface area (Å²) in [6, 6.07) is 17.3. The first-order valence-corrected chi connectivity index (χ1v) is 9.63. The average Bonchev–Trinajstić information content (AvgIpc) is 3.42. The molecule has 0 atom stereocenters. The van der Waals surface area contributed by atoms with Crippen molar-refractivity contribution in [1.82, 2.24) is 10.2 Å². The summed E-state index contributed by atoms with van der Waals surface area (Å²) in [6.45, 7) is 3.27. The summed E-state index contributed by atoms with van der Waals surface area (Å²) in [4.78, 5) is 14.7. The van der Waals surface area contributed by atoms with Gasteiger partial charge in [-0.15, -0.1) is 12.4 Å². The Morgan fingerprint density at radius 1 is 1.00 bits per heavy atom. The highest BCUT2D eigenvalue weighted by Crippen LogP contribution is 2.44. The van der Waals surface area contributed by atoms with Gasteiger partial charge in [0, 0.05) is 37.5 Å². The third kappa shape index (κ3) is 3.44. The van der Waals surface area contributed by atoms with Gasteiger partial charge in [0.2, 0.25) is 0 Å². The van der Waals surface area contributed by atoms with Gasteiger partial charge in [-0.25, -0.2) is 4.79 Å². The number of hydrogen-bond donors (Lipinski definition) is 1. The van der Waals surface area contributed by atoms with Gasteiger partial charge < -0.3 is 15.0 Å². The van der Waals surface area contributed by atoms with Gasteiger partial charge in [0.05, 0.1) is 0 Å². The Labute approximate surface area is 166 Å². The number of rotatable bonds is 5. The Bertz CT molecular complexity index is 787.